The highest BCUT2D eigenvalue weighted by atomic mass is 32.1. The van der Waals surface area contributed by atoms with E-state index in [4.69, 9.17) is 4.74 Å². The Bertz CT molecular complexity index is 287. The van der Waals surface area contributed by atoms with Crippen molar-refractivity contribution >= 4 is 11.3 Å². The Morgan fingerprint density at radius 3 is 3.00 bits per heavy atom. The summed E-state index contributed by atoms with van der Waals surface area (Å²) in [7, 11) is 0. The lowest BCUT2D eigenvalue weighted by atomic mass is 9.89. The highest BCUT2D eigenvalue weighted by Crippen LogP contribution is 2.34. The molecule has 1 aromatic heterocycles. The van der Waals surface area contributed by atoms with Crippen LogP contribution < -0.4 is 0 Å². The van der Waals surface area contributed by atoms with Gasteiger partial charge in [-0.05, 0) is 36.8 Å². The Labute approximate surface area is 82.2 Å². The summed E-state index contributed by atoms with van der Waals surface area (Å²) in [6.07, 6.45) is 1.77. The van der Waals surface area contributed by atoms with Crippen LogP contribution in [-0.2, 0) is 10.3 Å². The second kappa shape index (κ2) is 3.40. The Morgan fingerprint density at radius 1 is 1.62 bits per heavy atom. The molecular formula is C10H14O2S. The van der Waals surface area contributed by atoms with E-state index in [1.165, 1.54) is 4.88 Å². The van der Waals surface area contributed by atoms with E-state index in [1.807, 2.05) is 18.4 Å². The van der Waals surface area contributed by atoms with Crippen molar-refractivity contribution in [2.45, 2.75) is 25.4 Å². The van der Waals surface area contributed by atoms with Crippen LogP contribution in [0.25, 0.3) is 0 Å². The first-order chi connectivity index (χ1) is 6.22. The molecule has 1 unspecified atom stereocenters. The van der Waals surface area contributed by atoms with E-state index in [1.54, 1.807) is 11.3 Å². The van der Waals surface area contributed by atoms with Gasteiger partial charge in [0.05, 0.1) is 6.61 Å². The van der Waals surface area contributed by atoms with Crippen molar-refractivity contribution in [3.8, 4) is 0 Å². The molecule has 1 N–H and O–H groups in total. The van der Waals surface area contributed by atoms with Gasteiger partial charge < -0.3 is 9.84 Å². The fourth-order valence-electron chi connectivity index (χ4n) is 1.86. The summed E-state index contributed by atoms with van der Waals surface area (Å²) in [5.41, 5.74) is 0.333. The van der Waals surface area contributed by atoms with Gasteiger partial charge in [0, 0.05) is 11.5 Å². The fraction of sp³-hybridized carbons (Fsp3) is 0.600. The van der Waals surface area contributed by atoms with Crippen LogP contribution >= 0.6 is 11.3 Å². The Kier molecular flexibility index (Phi) is 2.41. The number of aliphatic hydroxyl groups is 1. The van der Waals surface area contributed by atoms with Crippen molar-refractivity contribution in [1.29, 1.82) is 0 Å². The smallest absolute Gasteiger partial charge is 0.114 e. The molecule has 1 aliphatic heterocycles. The Hall–Kier alpha value is -0.380. The SMILES string of the molecule is Cc1sccc1C1(O)CCCOC1. The van der Waals surface area contributed by atoms with Crippen molar-refractivity contribution in [1.82, 2.24) is 0 Å². The summed E-state index contributed by atoms with van der Waals surface area (Å²) in [6.45, 7) is 3.28. The highest BCUT2D eigenvalue weighted by molar-refractivity contribution is 7.10. The molecule has 0 bridgehead atoms. The number of hydrogen-bond acceptors (Lipinski definition) is 3. The lowest BCUT2D eigenvalue weighted by Crippen LogP contribution is -2.35. The topological polar surface area (TPSA) is 29.5 Å². The van der Waals surface area contributed by atoms with Crippen molar-refractivity contribution < 1.29 is 9.84 Å². The molecule has 1 aromatic rings. The van der Waals surface area contributed by atoms with Crippen LogP contribution in [0, 0.1) is 6.92 Å². The van der Waals surface area contributed by atoms with Gasteiger partial charge in [-0.3, -0.25) is 0 Å². The van der Waals surface area contributed by atoms with E-state index in [9.17, 15) is 5.11 Å². The molecule has 0 spiro atoms. The quantitative estimate of drug-likeness (QED) is 0.748. The van der Waals surface area contributed by atoms with Gasteiger partial charge in [0.2, 0.25) is 0 Å². The first-order valence-electron chi connectivity index (χ1n) is 4.57. The van der Waals surface area contributed by atoms with E-state index in [-0.39, 0.29) is 0 Å². The summed E-state index contributed by atoms with van der Waals surface area (Å²) >= 11 is 1.68. The predicted octanol–water partition coefficient (Wildman–Crippen LogP) is 2.05. The van der Waals surface area contributed by atoms with E-state index in [2.05, 4.69) is 0 Å². The van der Waals surface area contributed by atoms with Gasteiger partial charge in [0.25, 0.3) is 0 Å². The zero-order valence-corrected chi connectivity index (χ0v) is 8.56. The number of thiophene rings is 1. The second-order valence-corrected chi connectivity index (χ2v) is 4.70. The van der Waals surface area contributed by atoms with E-state index < -0.39 is 5.60 Å². The molecule has 0 amide bonds. The first-order valence-corrected chi connectivity index (χ1v) is 5.45. The first kappa shape index (κ1) is 9.19. The highest BCUT2D eigenvalue weighted by Gasteiger charge is 2.33. The molecular weight excluding hydrogens is 184 g/mol. The van der Waals surface area contributed by atoms with Gasteiger partial charge in [-0.25, -0.2) is 0 Å². The lowest BCUT2D eigenvalue weighted by Gasteiger charge is -2.32. The van der Waals surface area contributed by atoms with Gasteiger partial charge in [-0.15, -0.1) is 11.3 Å². The molecule has 0 saturated carbocycles. The normalized spacial score (nSPS) is 29.1. The Balaban J connectivity index is 2.27. The molecule has 0 aliphatic carbocycles. The van der Waals surface area contributed by atoms with E-state index in [0.29, 0.717) is 6.61 Å². The third kappa shape index (κ3) is 1.64. The van der Waals surface area contributed by atoms with E-state index >= 15 is 0 Å². The molecule has 2 rings (SSSR count). The molecule has 2 nitrogen and oxygen atoms in total. The fourth-order valence-corrected chi connectivity index (χ4v) is 2.65. The molecule has 1 saturated heterocycles. The van der Waals surface area contributed by atoms with Crippen LogP contribution in [0.5, 0.6) is 0 Å². The monoisotopic (exact) mass is 198 g/mol. The minimum Gasteiger partial charge on any atom is -0.383 e. The van der Waals surface area contributed by atoms with Gasteiger partial charge in [0.15, 0.2) is 0 Å². The van der Waals surface area contributed by atoms with Gasteiger partial charge in [-0.2, -0.15) is 0 Å². The van der Waals surface area contributed by atoms with Gasteiger partial charge in [-0.1, -0.05) is 0 Å². The second-order valence-electron chi connectivity index (χ2n) is 3.58. The average Bonchev–Trinajstić information content (AvgIpc) is 2.53. The van der Waals surface area contributed by atoms with Crippen molar-refractivity contribution in [3.05, 3.63) is 21.9 Å². The third-order valence-electron chi connectivity index (χ3n) is 2.58. The average molecular weight is 198 g/mol. The summed E-state index contributed by atoms with van der Waals surface area (Å²) in [4.78, 5) is 1.20. The molecule has 0 aromatic carbocycles. The largest absolute Gasteiger partial charge is 0.383 e. The molecule has 2 heterocycles. The molecule has 13 heavy (non-hydrogen) atoms. The molecule has 3 heteroatoms. The van der Waals surface area contributed by atoms with Gasteiger partial charge in [0.1, 0.15) is 5.60 Å². The maximum Gasteiger partial charge on any atom is 0.114 e. The molecule has 0 radical (unpaired) electrons. The molecule has 72 valence electrons. The van der Waals surface area contributed by atoms with Crippen LogP contribution in [0.15, 0.2) is 11.4 Å². The zero-order valence-electron chi connectivity index (χ0n) is 7.75. The van der Waals surface area contributed by atoms with Gasteiger partial charge >= 0.3 is 0 Å². The van der Waals surface area contributed by atoms with E-state index in [0.717, 1.165) is 25.0 Å². The summed E-state index contributed by atoms with van der Waals surface area (Å²) in [5, 5.41) is 12.3. The van der Waals surface area contributed by atoms with Crippen LogP contribution in [0.3, 0.4) is 0 Å². The Morgan fingerprint density at radius 2 is 2.46 bits per heavy atom. The van der Waals surface area contributed by atoms with Crippen LogP contribution in [-0.4, -0.2) is 18.3 Å². The zero-order chi connectivity index (χ0) is 9.31. The number of rotatable bonds is 1. The van der Waals surface area contributed by atoms with Crippen LogP contribution in [0.2, 0.25) is 0 Å². The molecule has 1 aliphatic rings. The predicted molar refractivity (Wildman–Crippen MR) is 53.0 cm³/mol. The maximum atomic E-state index is 10.3. The van der Waals surface area contributed by atoms with Crippen molar-refractivity contribution in [2.75, 3.05) is 13.2 Å². The molecule has 1 atom stereocenters. The molecule has 1 fully saturated rings. The van der Waals surface area contributed by atoms with Crippen molar-refractivity contribution in [2.24, 2.45) is 0 Å². The van der Waals surface area contributed by atoms with Crippen LogP contribution in [0.4, 0.5) is 0 Å². The lowest BCUT2D eigenvalue weighted by molar-refractivity contribution is -0.0903. The summed E-state index contributed by atoms with van der Waals surface area (Å²) in [6, 6.07) is 2.01. The third-order valence-corrected chi connectivity index (χ3v) is 3.43. The maximum absolute atomic E-state index is 10.3. The summed E-state index contributed by atoms with van der Waals surface area (Å²) in [5.74, 6) is 0. The number of aryl methyl sites for hydroxylation is 1. The minimum atomic E-state index is -0.720. The number of hydrogen-bond donors (Lipinski definition) is 1. The minimum absolute atomic E-state index is 0.449. The summed E-state index contributed by atoms with van der Waals surface area (Å²) < 4.78 is 5.32. The van der Waals surface area contributed by atoms with Crippen molar-refractivity contribution in [3.63, 3.8) is 0 Å². The number of ether oxygens (including phenoxy) is 1. The standard InChI is InChI=1S/C10H14O2S/c1-8-9(3-6-13-8)10(11)4-2-5-12-7-10/h3,6,11H,2,4-5,7H2,1H3. The van der Waals surface area contributed by atoms with Crippen LogP contribution in [0.1, 0.15) is 23.3 Å².